The normalized spacial score (nSPS) is 12.3. The highest BCUT2D eigenvalue weighted by molar-refractivity contribution is 5.81. The van der Waals surface area contributed by atoms with E-state index in [-0.39, 0.29) is 11.2 Å². The van der Waals surface area contributed by atoms with E-state index in [1.54, 1.807) is 13.0 Å². The topological polar surface area (TPSA) is 15.8 Å². The van der Waals surface area contributed by atoms with Crippen molar-refractivity contribution in [3.8, 4) is 0 Å². The number of rotatable bonds is 3. The van der Waals surface area contributed by atoms with E-state index in [1.165, 1.54) is 5.69 Å². The number of aryl methyl sites for hydroxylation is 1. The fourth-order valence-corrected chi connectivity index (χ4v) is 2.39. The third-order valence-electron chi connectivity index (χ3n) is 3.50. The standard InChI is InChI=1S/C15H20FN/c1-5-6-15(3,4)14-8-11-7-10(2)12(16)9-13(11)17-14/h7-9,17H,5-6H2,1-4H3. The van der Waals surface area contributed by atoms with Crippen molar-refractivity contribution in [3.05, 3.63) is 35.3 Å². The Bertz CT molecular complexity index is 498. The maximum Gasteiger partial charge on any atom is 0.128 e. The first kappa shape index (κ1) is 12.2. The largest absolute Gasteiger partial charge is 0.358 e. The van der Waals surface area contributed by atoms with E-state index >= 15 is 0 Å². The SMILES string of the molecule is CCCC(C)(C)c1cc2cc(C)c(F)cc2[nH]1. The molecule has 1 N–H and O–H groups in total. The lowest BCUT2D eigenvalue weighted by molar-refractivity contribution is 0.463. The summed E-state index contributed by atoms with van der Waals surface area (Å²) < 4.78 is 13.5. The van der Waals surface area contributed by atoms with E-state index in [2.05, 4.69) is 31.8 Å². The number of benzene rings is 1. The molecule has 2 rings (SSSR count). The molecule has 92 valence electrons. The Morgan fingerprint density at radius 2 is 1.94 bits per heavy atom. The van der Waals surface area contributed by atoms with Crippen molar-refractivity contribution >= 4 is 10.9 Å². The fraction of sp³-hybridized carbons (Fsp3) is 0.467. The van der Waals surface area contributed by atoms with Gasteiger partial charge in [-0.2, -0.15) is 0 Å². The number of H-pyrrole nitrogens is 1. The molecule has 0 radical (unpaired) electrons. The summed E-state index contributed by atoms with van der Waals surface area (Å²) in [6.07, 6.45) is 2.27. The van der Waals surface area contributed by atoms with Gasteiger partial charge in [0.1, 0.15) is 5.82 Å². The minimum absolute atomic E-state index is 0.123. The van der Waals surface area contributed by atoms with E-state index in [0.717, 1.165) is 23.7 Å². The summed E-state index contributed by atoms with van der Waals surface area (Å²) in [5, 5.41) is 1.10. The molecule has 1 nitrogen and oxygen atoms in total. The summed E-state index contributed by atoms with van der Waals surface area (Å²) in [5.41, 5.74) is 2.92. The summed E-state index contributed by atoms with van der Waals surface area (Å²) in [7, 11) is 0. The van der Waals surface area contributed by atoms with Crippen LogP contribution >= 0.6 is 0 Å². The first-order chi connectivity index (χ1) is 7.94. The number of aromatic amines is 1. The molecule has 0 amide bonds. The Morgan fingerprint density at radius 3 is 2.59 bits per heavy atom. The van der Waals surface area contributed by atoms with Crippen LogP contribution in [0.5, 0.6) is 0 Å². The van der Waals surface area contributed by atoms with Gasteiger partial charge < -0.3 is 4.98 Å². The van der Waals surface area contributed by atoms with Crippen LogP contribution in [0.15, 0.2) is 18.2 Å². The third kappa shape index (κ3) is 2.21. The molecule has 0 aliphatic heterocycles. The monoisotopic (exact) mass is 233 g/mol. The summed E-state index contributed by atoms with van der Waals surface area (Å²) >= 11 is 0. The molecule has 0 aliphatic carbocycles. The molecule has 0 saturated heterocycles. The van der Waals surface area contributed by atoms with Crippen LogP contribution in [-0.2, 0) is 5.41 Å². The number of halogens is 1. The first-order valence-corrected chi connectivity index (χ1v) is 6.23. The van der Waals surface area contributed by atoms with Gasteiger partial charge in [-0.3, -0.25) is 0 Å². The maximum absolute atomic E-state index is 13.5. The van der Waals surface area contributed by atoms with Gasteiger partial charge in [0.05, 0.1) is 0 Å². The van der Waals surface area contributed by atoms with Crippen LogP contribution in [0.4, 0.5) is 4.39 Å². The summed E-state index contributed by atoms with van der Waals surface area (Å²) in [6.45, 7) is 8.45. The number of hydrogen-bond donors (Lipinski definition) is 1. The molecule has 0 saturated carbocycles. The smallest absolute Gasteiger partial charge is 0.128 e. The maximum atomic E-state index is 13.5. The molecule has 0 bridgehead atoms. The van der Waals surface area contributed by atoms with Crippen LogP contribution < -0.4 is 0 Å². The van der Waals surface area contributed by atoms with Gasteiger partial charge in [0.2, 0.25) is 0 Å². The van der Waals surface area contributed by atoms with Crippen molar-refractivity contribution in [2.75, 3.05) is 0 Å². The summed E-state index contributed by atoms with van der Waals surface area (Å²) in [5.74, 6) is -0.140. The molecular weight excluding hydrogens is 213 g/mol. The minimum Gasteiger partial charge on any atom is -0.358 e. The first-order valence-electron chi connectivity index (χ1n) is 6.23. The molecule has 17 heavy (non-hydrogen) atoms. The van der Waals surface area contributed by atoms with Crippen molar-refractivity contribution in [2.45, 2.75) is 46.0 Å². The Labute approximate surface area is 102 Å². The van der Waals surface area contributed by atoms with Crippen LogP contribution in [-0.4, -0.2) is 4.98 Å². The van der Waals surface area contributed by atoms with E-state index in [9.17, 15) is 4.39 Å². The zero-order chi connectivity index (χ0) is 12.6. The molecule has 0 fully saturated rings. The van der Waals surface area contributed by atoms with Crippen molar-refractivity contribution in [1.29, 1.82) is 0 Å². The predicted octanol–water partition coefficient (Wildman–Crippen LogP) is 4.69. The fourth-order valence-electron chi connectivity index (χ4n) is 2.39. The lowest BCUT2D eigenvalue weighted by Crippen LogP contribution is -2.16. The molecule has 1 aromatic carbocycles. The highest BCUT2D eigenvalue weighted by atomic mass is 19.1. The minimum atomic E-state index is -0.140. The third-order valence-corrected chi connectivity index (χ3v) is 3.50. The molecule has 0 atom stereocenters. The van der Waals surface area contributed by atoms with E-state index in [0.29, 0.717) is 5.56 Å². The predicted molar refractivity (Wildman–Crippen MR) is 70.9 cm³/mol. The Balaban J connectivity index is 2.51. The van der Waals surface area contributed by atoms with E-state index < -0.39 is 0 Å². The van der Waals surface area contributed by atoms with Crippen LogP contribution in [0, 0.1) is 12.7 Å². The van der Waals surface area contributed by atoms with Gasteiger partial charge in [0, 0.05) is 22.0 Å². The van der Waals surface area contributed by atoms with Gasteiger partial charge in [-0.05, 0) is 37.1 Å². The van der Waals surface area contributed by atoms with Gasteiger partial charge in [-0.15, -0.1) is 0 Å². The number of fused-ring (bicyclic) bond motifs is 1. The number of nitrogens with one attached hydrogen (secondary N) is 1. The molecule has 1 heterocycles. The Morgan fingerprint density at radius 1 is 1.24 bits per heavy atom. The molecule has 0 aliphatic rings. The molecule has 2 heteroatoms. The van der Waals surface area contributed by atoms with Crippen LogP contribution in [0.1, 0.15) is 44.9 Å². The van der Waals surface area contributed by atoms with Gasteiger partial charge in [-0.25, -0.2) is 4.39 Å². The summed E-state index contributed by atoms with van der Waals surface area (Å²) in [4.78, 5) is 3.35. The van der Waals surface area contributed by atoms with Gasteiger partial charge in [0.25, 0.3) is 0 Å². The van der Waals surface area contributed by atoms with E-state index in [1.807, 2.05) is 6.07 Å². The van der Waals surface area contributed by atoms with E-state index in [4.69, 9.17) is 0 Å². The van der Waals surface area contributed by atoms with Crippen molar-refractivity contribution in [2.24, 2.45) is 0 Å². The Hall–Kier alpha value is -1.31. The zero-order valence-electron chi connectivity index (χ0n) is 11.0. The highest BCUT2D eigenvalue weighted by Gasteiger charge is 2.21. The second-order valence-corrected chi connectivity index (χ2v) is 5.51. The quantitative estimate of drug-likeness (QED) is 0.791. The average molecular weight is 233 g/mol. The number of hydrogen-bond acceptors (Lipinski definition) is 0. The summed E-state index contributed by atoms with van der Waals surface area (Å²) in [6, 6.07) is 5.65. The average Bonchev–Trinajstić information content (AvgIpc) is 2.62. The van der Waals surface area contributed by atoms with Crippen LogP contribution in [0.2, 0.25) is 0 Å². The zero-order valence-corrected chi connectivity index (χ0v) is 11.0. The highest BCUT2D eigenvalue weighted by Crippen LogP contribution is 2.31. The Kier molecular flexibility index (Phi) is 2.98. The van der Waals surface area contributed by atoms with Crippen molar-refractivity contribution in [3.63, 3.8) is 0 Å². The second kappa shape index (κ2) is 4.17. The van der Waals surface area contributed by atoms with Crippen LogP contribution in [0.25, 0.3) is 10.9 Å². The lowest BCUT2D eigenvalue weighted by atomic mass is 9.85. The molecule has 1 aromatic heterocycles. The van der Waals surface area contributed by atoms with Gasteiger partial charge in [0.15, 0.2) is 0 Å². The van der Waals surface area contributed by atoms with Crippen molar-refractivity contribution in [1.82, 2.24) is 4.98 Å². The van der Waals surface area contributed by atoms with Gasteiger partial charge >= 0.3 is 0 Å². The molecule has 2 aromatic rings. The number of aromatic nitrogens is 1. The van der Waals surface area contributed by atoms with Gasteiger partial charge in [-0.1, -0.05) is 27.2 Å². The van der Waals surface area contributed by atoms with Crippen LogP contribution in [0.3, 0.4) is 0 Å². The molecule has 0 spiro atoms. The second-order valence-electron chi connectivity index (χ2n) is 5.51. The molecular formula is C15H20FN. The molecule has 0 unspecified atom stereocenters. The van der Waals surface area contributed by atoms with Crippen molar-refractivity contribution < 1.29 is 4.39 Å². The lowest BCUT2D eigenvalue weighted by Gasteiger charge is -2.22.